The molecule has 1 amide bonds. The van der Waals surface area contributed by atoms with Crippen LogP contribution in [-0.4, -0.2) is 23.7 Å². The van der Waals surface area contributed by atoms with Crippen LogP contribution < -0.4 is 5.32 Å². The standard InChI is InChI=1S/C12H19NO2S/c1-3-9(14)7-8-13-12(15)11-6-5-10(4-2)16-11/h5-6,9,14H,3-4,7-8H2,1-2H3,(H,13,15). The number of carbonyl (C=O) groups excluding carboxylic acids is 1. The van der Waals surface area contributed by atoms with Crippen LogP contribution in [0.4, 0.5) is 0 Å². The van der Waals surface area contributed by atoms with Gasteiger partial charge in [0.1, 0.15) is 0 Å². The predicted octanol–water partition coefficient (Wildman–Crippen LogP) is 2.20. The first-order valence-electron chi connectivity index (χ1n) is 5.72. The third kappa shape index (κ3) is 3.94. The van der Waals surface area contributed by atoms with E-state index in [1.807, 2.05) is 19.1 Å². The summed E-state index contributed by atoms with van der Waals surface area (Å²) in [7, 11) is 0. The summed E-state index contributed by atoms with van der Waals surface area (Å²) >= 11 is 1.53. The molecule has 2 N–H and O–H groups in total. The lowest BCUT2D eigenvalue weighted by molar-refractivity contribution is 0.0946. The minimum absolute atomic E-state index is 0.0343. The molecule has 4 heteroatoms. The van der Waals surface area contributed by atoms with E-state index in [9.17, 15) is 9.90 Å². The van der Waals surface area contributed by atoms with Crippen molar-refractivity contribution in [2.45, 2.75) is 39.2 Å². The third-order valence-electron chi connectivity index (χ3n) is 2.47. The first-order valence-corrected chi connectivity index (χ1v) is 6.54. The summed E-state index contributed by atoms with van der Waals surface area (Å²) in [5.74, 6) is -0.0343. The second kappa shape index (κ2) is 6.66. The lowest BCUT2D eigenvalue weighted by atomic mass is 10.2. The molecule has 1 aromatic rings. The normalized spacial score (nSPS) is 12.4. The van der Waals surface area contributed by atoms with E-state index < -0.39 is 0 Å². The fraction of sp³-hybridized carbons (Fsp3) is 0.583. The van der Waals surface area contributed by atoms with Crippen LogP contribution in [0.3, 0.4) is 0 Å². The fourth-order valence-corrected chi connectivity index (χ4v) is 2.20. The summed E-state index contributed by atoms with van der Waals surface area (Å²) in [5.41, 5.74) is 0. The third-order valence-corrected chi connectivity index (χ3v) is 3.70. The molecule has 16 heavy (non-hydrogen) atoms. The molecule has 1 unspecified atom stereocenters. The van der Waals surface area contributed by atoms with Crippen molar-refractivity contribution in [3.8, 4) is 0 Å². The van der Waals surface area contributed by atoms with E-state index in [1.54, 1.807) is 0 Å². The van der Waals surface area contributed by atoms with E-state index >= 15 is 0 Å². The summed E-state index contributed by atoms with van der Waals surface area (Å²) in [4.78, 5) is 13.6. The molecule has 0 spiro atoms. The molecule has 0 aromatic carbocycles. The van der Waals surface area contributed by atoms with Gasteiger partial charge in [-0.05, 0) is 31.4 Å². The van der Waals surface area contributed by atoms with Crippen molar-refractivity contribution in [3.63, 3.8) is 0 Å². The lowest BCUT2D eigenvalue weighted by Crippen LogP contribution is -2.26. The average Bonchev–Trinajstić information content (AvgIpc) is 2.77. The molecule has 1 atom stereocenters. The molecule has 1 heterocycles. The van der Waals surface area contributed by atoms with E-state index in [4.69, 9.17) is 0 Å². The van der Waals surface area contributed by atoms with Crippen LogP contribution in [0.2, 0.25) is 0 Å². The van der Waals surface area contributed by atoms with Gasteiger partial charge in [0.25, 0.3) is 5.91 Å². The Bertz CT molecular complexity index is 336. The zero-order valence-corrected chi connectivity index (χ0v) is 10.6. The van der Waals surface area contributed by atoms with E-state index in [0.29, 0.717) is 13.0 Å². The smallest absolute Gasteiger partial charge is 0.261 e. The monoisotopic (exact) mass is 241 g/mol. The van der Waals surface area contributed by atoms with Gasteiger partial charge in [-0.15, -0.1) is 11.3 Å². The Hall–Kier alpha value is -0.870. The van der Waals surface area contributed by atoms with E-state index in [-0.39, 0.29) is 12.0 Å². The van der Waals surface area contributed by atoms with Gasteiger partial charge >= 0.3 is 0 Å². The number of thiophene rings is 1. The second-order valence-corrected chi connectivity index (χ2v) is 4.89. The summed E-state index contributed by atoms with van der Waals surface area (Å²) in [6.07, 6.45) is 2.00. The van der Waals surface area contributed by atoms with Crippen LogP contribution in [0.25, 0.3) is 0 Å². The summed E-state index contributed by atoms with van der Waals surface area (Å²) in [6.45, 7) is 4.54. The zero-order chi connectivity index (χ0) is 12.0. The molecule has 0 fully saturated rings. The number of aryl methyl sites for hydroxylation is 1. The van der Waals surface area contributed by atoms with Gasteiger partial charge < -0.3 is 10.4 Å². The molecule has 3 nitrogen and oxygen atoms in total. The van der Waals surface area contributed by atoms with E-state index in [2.05, 4.69) is 12.2 Å². The first kappa shape index (κ1) is 13.2. The van der Waals surface area contributed by atoms with Crippen LogP contribution in [0.1, 0.15) is 41.2 Å². The van der Waals surface area contributed by atoms with Gasteiger partial charge in [-0.25, -0.2) is 0 Å². The lowest BCUT2D eigenvalue weighted by Gasteiger charge is -2.07. The highest BCUT2D eigenvalue weighted by atomic mass is 32.1. The molecule has 1 aromatic heterocycles. The summed E-state index contributed by atoms with van der Waals surface area (Å²) in [6, 6.07) is 3.84. The topological polar surface area (TPSA) is 49.3 Å². The number of carbonyl (C=O) groups is 1. The number of aliphatic hydroxyl groups excluding tert-OH is 1. The van der Waals surface area contributed by atoms with Gasteiger partial charge in [0.2, 0.25) is 0 Å². The SMILES string of the molecule is CCc1ccc(C(=O)NCCC(O)CC)s1. The first-order chi connectivity index (χ1) is 7.67. The zero-order valence-electron chi connectivity index (χ0n) is 9.82. The Balaban J connectivity index is 2.35. The van der Waals surface area contributed by atoms with Crippen LogP contribution in [0, 0.1) is 0 Å². The number of hydrogen-bond acceptors (Lipinski definition) is 3. The molecule has 90 valence electrons. The Morgan fingerprint density at radius 2 is 2.25 bits per heavy atom. The van der Waals surface area contributed by atoms with Gasteiger partial charge in [-0.2, -0.15) is 0 Å². The van der Waals surface area contributed by atoms with Crippen molar-refractivity contribution in [2.75, 3.05) is 6.54 Å². The maximum absolute atomic E-state index is 11.7. The van der Waals surface area contributed by atoms with Gasteiger partial charge in [-0.1, -0.05) is 13.8 Å². The number of hydrogen-bond donors (Lipinski definition) is 2. The summed E-state index contributed by atoms with van der Waals surface area (Å²) < 4.78 is 0. The molecular weight excluding hydrogens is 222 g/mol. The Labute approximate surface area is 100 Å². The van der Waals surface area contributed by atoms with E-state index in [0.717, 1.165) is 17.7 Å². The highest BCUT2D eigenvalue weighted by Crippen LogP contribution is 2.16. The predicted molar refractivity (Wildman–Crippen MR) is 66.9 cm³/mol. The van der Waals surface area contributed by atoms with Crippen molar-refractivity contribution in [1.29, 1.82) is 0 Å². The Morgan fingerprint density at radius 1 is 1.50 bits per heavy atom. The van der Waals surface area contributed by atoms with Crippen LogP contribution in [-0.2, 0) is 6.42 Å². The molecule has 0 aliphatic rings. The molecule has 0 saturated carbocycles. The Kier molecular flexibility index (Phi) is 5.49. The quantitative estimate of drug-likeness (QED) is 0.802. The minimum atomic E-state index is -0.310. The molecule has 0 aliphatic carbocycles. The summed E-state index contributed by atoms with van der Waals surface area (Å²) in [5, 5.41) is 12.1. The number of nitrogens with one attached hydrogen (secondary N) is 1. The van der Waals surface area contributed by atoms with Crippen LogP contribution in [0.15, 0.2) is 12.1 Å². The average molecular weight is 241 g/mol. The van der Waals surface area contributed by atoms with Gasteiger partial charge in [0.15, 0.2) is 0 Å². The van der Waals surface area contributed by atoms with Crippen molar-refractivity contribution in [1.82, 2.24) is 5.32 Å². The van der Waals surface area contributed by atoms with Crippen molar-refractivity contribution in [3.05, 3.63) is 21.9 Å². The van der Waals surface area contributed by atoms with Crippen LogP contribution in [0.5, 0.6) is 0 Å². The molecule has 0 aliphatic heterocycles. The van der Waals surface area contributed by atoms with Crippen LogP contribution >= 0.6 is 11.3 Å². The second-order valence-electron chi connectivity index (χ2n) is 3.73. The van der Waals surface area contributed by atoms with Gasteiger partial charge in [0.05, 0.1) is 11.0 Å². The number of rotatable bonds is 6. The minimum Gasteiger partial charge on any atom is -0.393 e. The van der Waals surface area contributed by atoms with Gasteiger partial charge in [0, 0.05) is 11.4 Å². The van der Waals surface area contributed by atoms with Crippen molar-refractivity contribution in [2.24, 2.45) is 0 Å². The maximum atomic E-state index is 11.7. The molecule has 0 radical (unpaired) electrons. The van der Waals surface area contributed by atoms with Gasteiger partial charge in [-0.3, -0.25) is 4.79 Å². The molecule has 1 rings (SSSR count). The van der Waals surface area contributed by atoms with Crippen molar-refractivity contribution < 1.29 is 9.90 Å². The largest absolute Gasteiger partial charge is 0.393 e. The highest BCUT2D eigenvalue weighted by Gasteiger charge is 2.08. The Morgan fingerprint density at radius 3 is 2.81 bits per heavy atom. The number of aliphatic hydroxyl groups is 1. The molecular formula is C12H19NO2S. The molecule has 0 bridgehead atoms. The fourth-order valence-electron chi connectivity index (χ4n) is 1.33. The highest BCUT2D eigenvalue weighted by molar-refractivity contribution is 7.14. The number of amides is 1. The van der Waals surface area contributed by atoms with Crippen molar-refractivity contribution >= 4 is 17.2 Å². The van der Waals surface area contributed by atoms with E-state index in [1.165, 1.54) is 16.2 Å². The maximum Gasteiger partial charge on any atom is 0.261 e. The molecule has 0 saturated heterocycles.